The largest absolute Gasteiger partial charge is 0.459 e. The van der Waals surface area contributed by atoms with E-state index in [1.807, 2.05) is 6.07 Å². The van der Waals surface area contributed by atoms with Gasteiger partial charge >= 0.3 is 18.0 Å². The molecule has 0 aromatic heterocycles. The Balaban J connectivity index is 1.85. The van der Waals surface area contributed by atoms with E-state index in [1.54, 1.807) is 76.3 Å². The third kappa shape index (κ3) is 4.51. The van der Waals surface area contributed by atoms with Crippen molar-refractivity contribution >= 4 is 18.0 Å². The molecule has 1 heterocycles. The number of carbonyl (C=O) groups excluding carboxylic acids is 3. The van der Waals surface area contributed by atoms with Gasteiger partial charge < -0.3 is 19.7 Å². The first-order chi connectivity index (χ1) is 14.3. The van der Waals surface area contributed by atoms with Gasteiger partial charge in [-0.2, -0.15) is 0 Å². The maximum absolute atomic E-state index is 12.7. The zero-order valence-electron chi connectivity index (χ0n) is 17.3. The van der Waals surface area contributed by atoms with Gasteiger partial charge in [-0.1, -0.05) is 30.3 Å². The summed E-state index contributed by atoms with van der Waals surface area (Å²) in [6, 6.07) is 14.4. The molecule has 0 fully saturated rings. The monoisotopic (exact) mass is 408 g/mol. The Bertz CT molecular complexity index is 980. The summed E-state index contributed by atoms with van der Waals surface area (Å²) >= 11 is 0. The minimum Gasteiger partial charge on any atom is -0.459 e. The zero-order chi connectivity index (χ0) is 21.8. The molecule has 1 atom stereocenters. The van der Waals surface area contributed by atoms with Gasteiger partial charge in [0.2, 0.25) is 0 Å². The molecule has 0 radical (unpaired) electrons. The Morgan fingerprint density at radius 3 is 2.23 bits per heavy atom. The fourth-order valence-corrected chi connectivity index (χ4v) is 3.10. The van der Waals surface area contributed by atoms with Gasteiger partial charge in [-0.25, -0.2) is 14.4 Å². The van der Waals surface area contributed by atoms with Gasteiger partial charge in [-0.3, -0.25) is 0 Å². The van der Waals surface area contributed by atoms with Gasteiger partial charge in [0.1, 0.15) is 5.75 Å². The van der Waals surface area contributed by atoms with Crippen LogP contribution in [0.5, 0.6) is 5.75 Å². The van der Waals surface area contributed by atoms with Crippen LogP contribution in [0.25, 0.3) is 0 Å². The first kappa shape index (κ1) is 21.1. The van der Waals surface area contributed by atoms with Crippen molar-refractivity contribution in [2.75, 3.05) is 7.05 Å². The van der Waals surface area contributed by atoms with Crippen LogP contribution < -0.4 is 10.1 Å². The quantitative estimate of drug-likeness (QED) is 0.600. The molecule has 1 aliphatic rings. The highest BCUT2D eigenvalue weighted by molar-refractivity contribution is 5.95. The highest BCUT2D eigenvalue weighted by Crippen LogP contribution is 2.31. The van der Waals surface area contributed by atoms with Gasteiger partial charge in [-0.15, -0.1) is 0 Å². The van der Waals surface area contributed by atoms with Gasteiger partial charge in [0.25, 0.3) is 0 Å². The number of benzene rings is 2. The number of urea groups is 1. The second-order valence-corrected chi connectivity index (χ2v) is 7.22. The Kier molecular flexibility index (Phi) is 6.20. The minimum atomic E-state index is -0.668. The van der Waals surface area contributed by atoms with Crippen molar-refractivity contribution in [3.63, 3.8) is 0 Å². The van der Waals surface area contributed by atoms with Crippen molar-refractivity contribution in [3.05, 3.63) is 77.0 Å². The molecular weight excluding hydrogens is 384 g/mol. The Labute approximate surface area is 175 Å². The summed E-state index contributed by atoms with van der Waals surface area (Å²) in [6.45, 7) is 5.24. The van der Waals surface area contributed by atoms with Crippen molar-refractivity contribution in [2.24, 2.45) is 0 Å². The van der Waals surface area contributed by atoms with E-state index in [1.165, 1.54) is 4.90 Å². The molecule has 3 rings (SSSR count). The molecule has 0 bridgehead atoms. The molecule has 0 saturated heterocycles. The van der Waals surface area contributed by atoms with E-state index in [-0.39, 0.29) is 12.1 Å². The molecule has 0 saturated carbocycles. The van der Waals surface area contributed by atoms with E-state index >= 15 is 0 Å². The van der Waals surface area contributed by atoms with Crippen LogP contribution in [0.2, 0.25) is 0 Å². The van der Waals surface area contributed by atoms with E-state index in [0.717, 1.165) is 0 Å². The first-order valence-electron chi connectivity index (χ1n) is 9.61. The summed E-state index contributed by atoms with van der Waals surface area (Å²) in [7, 11) is 1.59. The summed E-state index contributed by atoms with van der Waals surface area (Å²) in [4.78, 5) is 38.6. The molecule has 0 spiro atoms. The number of esters is 2. The topological polar surface area (TPSA) is 84.9 Å². The van der Waals surface area contributed by atoms with Crippen LogP contribution in [0.1, 0.15) is 42.7 Å². The van der Waals surface area contributed by atoms with Crippen LogP contribution in [0.4, 0.5) is 4.79 Å². The van der Waals surface area contributed by atoms with Crippen molar-refractivity contribution < 1.29 is 23.9 Å². The third-order valence-corrected chi connectivity index (χ3v) is 4.75. The number of rotatable bonds is 5. The van der Waals surface area contributed by atoms with E-state index in [9.17, 15) is 14.4 Å². The molecule has 1 N–H and O–H groups in total. The van der Waals surface area contributed by atoms with Crippen LogP contribution in [0.15, 0.2) is 65.9 Å². The SMILES string of the molecule is CC1=C(C(=O)OC(C)C)C(c2ccc(OC(=O)c3ccccc3)cc2)NC(=O)N1C. The molecule has 2 aromatic rings. The Morgan fingerprint density at radius 1 is 1.00 bits per heavy atom. The first-order valence-corrected chi connectivity index (χ1v) is 9.61. The Hall–Kier alpha value is -3.61. The number of ether oxygens (including phenoxy) is 2. The maximum atomic E-state index is 12.7. The lowest BCUT2D eigenvalue weighted by atomic mass is 9.95. The number of nitrogens with one attached hydrogen (secondary N) is 1. The fourth-order valence-electron chi connectivity index (χ4n) is 3.10. The van der Waals surface area contributed by atoms with Crippen LogP contribution in [-0.2, 0) is 9.53 Å². The van der Waals surface area contributed by atoms with Crippen molar-refractivity contribution in [1.29, 1.82) is 0 Å². The number of carbonyl (C=O) groups is 3. The van der Waals surface area contributed by atoms with Crippen molar-refractivity contribution in [1.82, 2.24) is 10.2 Å². The molecule has 0 aliphatic carbocycles. The Morgan fingerprint density at radius 2 is 1.63 bits per heavy atom. The minimum absolute atomic E-state index is 0.291. The molecule has 1 aliphatic heterocycles. The molecule has 30 heavy (non-hydrogen) atoms. The smallest absolute Gasteiger partial charge is 0.343 e. The van der Waals surface area contributed by atoms with Crippen LogP contribution in [0.3, 0.4) is 0 Å². The average Bonchev–Trinajstić information content (AvgIpc) is 2.72. The highest BCUT2D eigenvalue weighted by Gasteiger charge is 2.35. The normalized spacial score (nSPS) is 16.4. The van der Waals surface area contributed by atoms with Crippen LogP contribution in [-0.4, -0.2) is 36.0 Å². The molecule has 2 amide bonds. The summed E-state index contributed by atoms with van der Waals surface area (Å²) in [6.07, 6.45) is -0.291. The van der Waals surface area contributed by atoms with Gasteiger partial charge in [0.15, 0.2) is 0 Å². The van der Waals surface area contributed by atoms with Gasteiger partial charge in [-0.05, 0) is 50.6 Å². The standard InChI is InChI=1S/C23H24N2O5/c1-14(2)29-22(27)19-15(3)25(4)23(28)24-20(19)16-10-12-18(13-11-16)30-21(26)17-8-6-5-7-9-17/h5-14,20H,1-4H3,(H,24,28). The molecule has 1 unspecified atom stereocenters. The number of amides is 2. The lowest BCUT2D eigenvalue weighted by Gasteiger charge is -2.33. The summed E-state index contributed by atoms with van der Waals surface area (Å²) < 4.78 is 10.8. The predicted octanol–water partition coefficient (Wildman–Crippen LogP) is 3.83. The predicted molar refractivity (Wildman–Crippen MR) is 111 cm³/mol. The number of nitrogens with zero attached hydrogens (tertiary/aromatic N) is 1. The molecule has 156 valence electrons. The number of allylic oxidation sites excluding steroid dienone is 1. The lowest BCUT2D eigenvalue weighted by molar-refractivity contribution is -0.143. The summed E-state index contributed by atoms with van der Waals surface area (Å²) in [5.41, 5.74) is 2.00. The molecular formula is C23H24N2O5. The second-order valence-electron chi connectivity index (χ2n) is 7.22. The van der Waals surface area contributed by atoms with Crippen LogP contribution >= 0.6 is 0 Å². The highest BCUT2D eigenvalue weighted by atomic mass is 16.5. The van der Waals surface area contributed by atoms with Crippen molar-refractivity contribution in [3.8, 4) is 5.75 Å². The summed E-state index contributed by atoms with van der Waals surface area (Å²) in [5, 5.41) is 2.82. The number of hydrogen-bond acceptors (Lipinski definition) is 5. The van der Waals surface area contributed by atoms with Gasteiger partial charge in [0.05, 0.1) is 23.3 Å². The van der Waals surface area contributed by atoms with Gasteiger partial charge in [0, 0.05) is 12.7 Å². The van der Waals surface area contributed by atoms with Crippen molar-refractivity contribution in [2.45, 2.75) is 32.9 Å². The van der Waals surface area contributed by atoms with E-state index in [4.69, 9.17) is 9.47 Å². The zero-order valence-corrected chi connectivity index (χ0v) is 17.3. The average molecular weight is 408 g/mol. The van der Waals surface area contributed by atoms with E-state index < -0.39 is 18.0 Å². The fraction of sp³-hybridized carbons (Fsp3) is 0.261. The maximum Gasteiger partial charge on any atom is 0.343 e. The van der Waals surface area contributed by atoms with Crippen LogP contribution in [0, 0.1) is 0 Å². The summed E-state index contributed by atoms with van der Waals surface area (Å²) in [5.74, 6) is -0.592. The van der Waals surface area contributed by atoms with E-state index in [2.05, 4.69) is 5.32 Å². The molecule has 7 nitrogen and oxygen atoms in total. The second kappa shape index (κ2) is 8.82. The number of hydrogen-bond donors (Lipinski definition) is 1. The molecule has 2 aromatic carbocycles. The van der Waals surface area contributed by atoms with E-state index in [0.29, 0.717) is 28.1 Å². The third-order valence-electron chi connectivity index (χ3n) is 4.75. The molecule has 7 heteroatoms. The lowest BCUT2D eigenvalue weighted by Crippen LogP contribution is -2.46.